The summed E-state index contributed by atoms with van der Waals surface area (Å²) >= 11 is 0. The first-order valence-corrected chi connectivity index (χ1v) is 4.26. The monoisotopic (exact) mass is 134 g/mol. The van der Waals surface area contributed by atoms with Crippen molar-refractivity contribution in [1.82, 2.24) is 0 Å². The fraction of sp³-hybridized carbons (Fsp3) is 1.00. The number of rotatable bonds is 3. The average Bonchev–Trinajstić information content (AvgIpc) is 1.88. The zero-order valence-corrected chi connectivity index (χ0v) is 8.28. The first kappa shape index (κ1) is 11.0. The van der Waals surface area contributed by atoms with Crippen molar-refractivity contribution >= 4 is 10.5 Å². The minimum absolute atomic E-state index is 0.306. The Morgan fingerprint density at radius 1 is 1.00 bits per heavy atom. The first-order valence-electron chi connectivity index (χ1n) is 3.36. The lowest BCUT2D eigenvalue weighted by atomic mass is 10.2. The van der Waals surface area contributed by atoms with Crippen LogP contribution in [0.1, 0.15) is 39.5 Å². The third kappa shape index (κ3) is 16.4. The van der Waals surface area contributed by atoms with Gasteiger partial charge in [0.05, 0.1) is 0 Å². The summed E-state index contributed by atoms with van der Waals surface area (Å²) in [7, 11) is 0.306. The van der Waals surface area contributed by atoms with Crippen molar-refractivity contribution in [2.75, 3.05) is 0 Å². The van der Waals surface area contributed by atoms with Crippen LogP contribution in [-0.4, -0.2) is 15.3 Å². The number of unbranched alkanes of at least 4 members (excludes halogenated alkanes) is 3. The van der Waals surface area contributed by atoms with E-state index in [4.69, 9.17) is 4.80 Å². The van der Waals surface area contributed by atoms with Crippen molar-refractivity contribution in [3.05, 3.63) is 0 Å². The molecule has 0 fully saturated rings. The molecular formula is C6H18OSi. The number of hydrogen-bond acceptors (Lipinski definition) is 1. The zero-order valence-electron chi connectivity index (χ0n) is 6.28. The molecule has 0 aromatic rings. The van der Waals surface area contributed by atoms with Crippen LogP contribution in [0.4, 0.5) is 0 Å². The Labute approximate surface area is 55.7 Å². The quantitative estimate of drug-likeness (QED) is 0.448. The normalized spacial score (nSPS) is 7.88. The van der Waals surface area contributed by atoms with Gasteiger partial charge in [-0.25, -0.2) is 0 Å². The summed E-state index contributed by atoms with van der Waals surface area (Å²) < 4.78 is 0. The lowest BCUT2D eigenvalue weighted by molar-refractivity contribution is 0.629. The second kappa shape index (κ2) is 15.7. The minimum Gasteiger partial charge on any atom is -0.442 e. The van der Waals surface area contributed by atoms with Gasteiger partial charge in [0, 0.05) is 0 Å². The van der Waals surface area contributed by atoms with E-state index in [2.05, 4.69) is 13.8 Å². The fourth-order valence-corrected chi connectivity index (χ4v) is 0.500. The van der Waals surface area contributed by atoms with Crippen molar-refractivity contribution in [1.29, 1.82) is 0 Å². The molecule has 0 atom stereocenters. The third-order valence-corrected chi connectivity index (χ3v) is 0.957. The molecule has 8 heavy (non-hydrogen) atoms. The summed E-state index contributed by atoms with van der Waals surface area (Å²) in [5.41, 5.74) is 0. The number of hydrogen-bond donors (Lipinski definition) is 1. The van der Waals surface area contributed by atoms with E-state index in [0.717, 1.165) is 0 Å². The average molecular weight is 134 g/mol. The minimum atomic E-state index is 0.306. The molecule has 0 radical (unpaired) electrons. The van der Waals surface area contributed by atoms with Crippen LogP contribution in [0, 0.1) is 0 Å². The van der Waals surface area contributed by atoms with Crippen LogP contribution in [-0.2, 0) is 0 Å². The summed E-state index contributed by atoms with van der Waals surface area (Å²) in [6, 6.07) is 0. The molecule has 1 N–H and O–H groups in total. The molecule has 0 heterocycles. The highest BCUT2D eigenvalue weighted by atomic mass is 28.2. The van der Waals surface area contributed by atoms with E-state index in [1.807, 2.05) is 0 Å². The van der Waals surface area contributed by atoms with Crippen molar-refractivity contribution < 1.29 is 4.80 Å². The summed E-state index contributed by atoms with van der Waals surface area (Å²) in [4.78, 5) is 7.14. The van der Waals surface area contributed by atoms with Gasteiger partial charge in [-0.15, -0.1) is 0 Å². The Bertz CT molecular complexity index is 20.5. The van der Waals surface area contributed by atoms with Crippen molar-refractivity contribution in [3.8, 4) is 0 Å². The zero-order chi connectivity index (χ0) is 6.83. The van der Waals surface area contributed by atoms with Crippen LogP contribution in [0.3, 0.4) is 0 Å². The molecule has 0 saturated carbocycles. The first-order chi connectivity index (χ1) is 3.91. The van der Waals surface area contributed by atoms with E-state index in [1.165, 1.54) is 25.7 Å². The van der Waals surface area contributed by atoms with Gasteiger partial charge in [-0.05, 0) is 0 Å². The van der Waals surface area contributed by atoms with Gasteiger partial charge in [0.2, 0.25) is 0 Å². The molecule has 0 rings (SSSR count). The predicted octanol–water partition coefficient (Wildman–Crippen LogP) is 0.846. The van der Waals surface area contributed by atoms with E-state index in [-0.39, 0.29) is 0 Å². The van der Waals surface area contributed by atoms with Crippen LogP contribution in [0.25, 0.3) is 0 Å². The fourth-order valence-electron chi connectivity index (χ4n) is 0.500. The smallest absolute Gasteiger partial charge is 0.141 e. The highest BCUT2D eigenvalue weighted by Crippen LogP contribution is 1.95. The maximum absolute atomic E-state index is 7.14. The molecule has 0 aliphatic rings. The molecule has 0 aromatic carbocycles. The van der Waals surface area contributed by atoms with Gasteiger partial charge in [0.1, 0.15) is 10.5 Å². The molecule has 0 aliphatic carbocycles. The molecule has 52 valence electrons. The Balaban J connectivity index is 0. The Kier molecular flexibility index (Phi) is 21.7. The summed E-state index contributed by atoms with van der Waals surface area (Å²) in [6.45, 7) is 4.46. The van der Waals surface area contributed by atoms with Crippen LogP contribution in [0.15, 0.2) is 0 Å². The van der Waals surface area contributed by atoms with Crippen LogP contribution in [0.5, 0.6) is 0 Å². The van der Waals surface area contributed by atoms with Gasteiger partial charge in [0.25, 0.3) is 0 Å². The van der Waals surface area contributed by atoms with Crippen molar-refractivity contribution in [2.24, 2.45) is 0 Å². The standard InChI is InChI=1S/C6H14.H4OSi/c1-3-5-6-4-2;1-2/h3-6H2,1-2H3;1H,2H3. The second-order valence-corrected chi connectivity index (χ2v) is 1.71. The third-order valence-electron chi connectivity index (χ3n) is 0.957. The molecular weight excluding hydrogens is 116 g/mol. The predicted molar refractivity (Wildman–Crippen MR) is 42.0 cm³/mol. The van der Waals surface area contributed by atoms with Crippen molar-refractivity contribution in [3.63, 3.8) is 0 Å². The lowest BCUT2D eigenvalue weighted by Gasteiger charge is -1.86. The molecule has 0 amide bonds. The molecule has 0 spiro atoms. The Morgan fingerprint density at radius 3 is 1.38 bits per heavy atom. The van der Waals surface area contributed by atoms with Crippen LogP contribution in [0.2, 0.25) is 0 Å². The Hall–Kier alpha value is 0.177. The molecule has 1 nitrogen and oxygen atoms in total. The molecule has 0 unspecified atom stereocenters. The summed E-state index contributed by atoms with van der Waals surface area (Å²) in [5, 5.41) is 0. The highest BCUT2D eigenvalue weighted by Gasteiger charge is 1.75. The van der Waals surface area contributed by atoms with E-state index in [1.54, 1.807) is 0 Å². The van der Waals surface area contributed by atoms with E-state index in [0.29, 0.717) is 10.5 Å². The molecule has 0 bridgehead atoms. The molecule has 0 aromatic heterocycles. The maximum atomic E-state index is 7.14. The topological polar surface area (TPSA) is 20.2 Å². The van der Waals surface area contributed by atoms with Gasteiger partial charge in [-0.2, -0.15) is 0 Å². The second-order valence-electron chi connectivity index (χ2n) is 1.71. The SMILES string of the molecule is CCCCCC.O[SiH3]. The molecule has 2 heteroatoms. The van der Waals surface area contributed by atoms with E-state index in [9.17, 15) is 0 Å². The Morgan fingerprint density at radius 2 is 1.25 bits per heavy atom. The largest absolute Gasteiger partial charge is 0.442 e. The maximum Gasteiger partial charge on any atom is 0.141 e. The molecule has 0 saturated heterocycles. The van der Waals surface area contributed by atoms with Gasteiger partial charge >= 0.3 is 0 Å². The van der Waals surface area contributed by atoms with Gasteiger partial charge in [-0.3, -0.25) is 0 Å². The lowest BCUT2D eigenvalue weighted by Crippen LogP contribution is -1.66. The highest BCUT2D eigenvalue weighted by molar-refractivity contribution is 5.95. The summed E-state index contributed by atoms with van der Waals surface area (Å²) in [5.74, 6) is 0. The van der Waals surface area contributed by atoms with Crippen molar-refractivity contribution in [2.45, 2.75) is 39.5 Å². The van der Waals surface area contributed by atoms with Gasteiger partial charge in [-0.1, -0.05) is 39.5 Å². The van der Waals surface area contributed by atoms with E-state index < -0.39 is 0 Å². The van der Waals surface area contributed by atoms with Gasteiger partial charge in [0.15, 0.2) is 0 Å². The van der Waals surface area contributed by atoms with E-state index >= 15 is 0 Å². The molecule has 0 aliphatic heterocycles. The van der Waals surface area contributed by atoms with Crippen LogP contribution < -0.4 is 0 Å². The summed E-state index contributed by atoms with van der Waals surface area (Å²) in [6.07, 6.45) is 5.54. The van der Waals surface area contributed by atoms with Gasteiger partial charge < -0.3 is 4.80 Å². The van der Waals surface area contributed by atoms with Crippen LogP contribution >= 0.6 is 0 Å².